The second-order valence-corrected chi connectivity index (χ2v) is 5.23. The number of pyridine rings is 1. The van der Waals surface area contributed by atoms with Gasteiger partial charge in [-0.1, -0.05) is 31.0 Å². The first-order valence-corrected chi connectivity index (χ1v) is 7.00. The van der Waals surface area contributed by atoms with Crippen molar-refractivity contribution in [1.82, 2.24) is 9.88 Å². The smallest absolute Gasteiger partial charge is 0.272 e. The summed E-state index contributed by atoms with van der Waals surface area (Å²) in [5, 5.41) is 0.377. The van der Waals surface area contributed by atoms with Crippen molar-refractivity contribution in [2.45, 2.75) is 32.6 Å². The Hall–Kier alpha value is -1.09. The van der Waals surface area contributed by atoms with Crippen LogP contribution in [0.15, 0.2) is 18.2 Å². The van der Waals surface area contributed by atoms with E-state index in [0.29, 0.717) is 10.8 Å². The minimum atomic E-state index is 0.00857. The van der Waals surface area contributed by atoms with E-state index in [-0.39, 0.29) is 5.91 Å². The van der Waals surface area contributed by atoms with E-state index in [2.05, 4.69) is 11.9 Å². The predicted octanol–water partition coefficient (Wildman–Crippen LogP) is 3.39. The van der Waals surface area contributed by atoms with Crippen molar-refractivity contribution >= 4 is 17.5 Å². The molecule has 2 heterocycles. The maximum Gasteiger partial charge on any atom is 0.272 e. The molecule has 1 aliphatic rings. The number of aromatic nitrogens is 1. The van der Waals surface area contributed by atoms with Crippen molar-refractivity contribution in [3.05, 3.63) is 29.0 Å². The van der Waals surface area contributed by atoms with Gasteiger partial charge in [-0.05, 0) is 37.3 Å². The maximum atomic E-state index is 12.3. The van der Waals surface area contributed by atoms with Crippen LogP contribution >= 0.6 is 11.6 Å². The molecule has 1 saturated heterocycles. The highest BCUT2D eigenvalue weighted by Gasteiger charge is 2.21. The highest BCUT2D eigenvalue weighted by Crippen LogP contribution is 2.21. The predicted molar refractivity (Wildman–Crippen MR) is 72.8 cm³/mol. The molecule has 1 aromatic heterocycles. The van der Waals surface area contributed by atoms with Crippen molar-refractivity contribution in [3.63, 3.8) is 0 Å². The average molecular weight is 267 g/mol. The first-order valence-electron chi connectivity index (χ1n) is 6.62. The van der Waals surface area contributed by atoms with Crippen molar-refractivity contribution < 1.29 is 4.79 Å². The molecular formula is C14H19ClN2O. The summed E-state index contributed by atoms with van der Waals surface area (Å²) in [6.45, 7) is 3.90. The van der Waals surface area contributed by atoms with Gasteiger partial charge in [-0.15, -0.1) is 0 Å². The first-order chi connectivity index (χ1) is 8.70. The van der Waals surface area contributed by atoms with E-state index in [0.717, 1.165) is 31.8 Å². The third-order valence-electron chi connectivity index (χ3n) is 3.65. The van der Waals surface area contributed by atoms with E-state index in [1.54, 1.807) is 18.2 Å². The summed E-state index contributed by atoms with van der Waals surface area (Å²) in [7, 11) is 0. The van der Waals surface area contributed by atoms with Crippen LogP contribution in [-0.2, 0) is 0 Å². The first kappa shape index (κ1) is 13.3. The number of halogens is 1. The summed E-state index contributed by atoms with van der Waals surface area (Å²) in [6.07, 6.45) is 4.62. The molecule has 0 saturated carbocycles. The zero-order valence-electron chi connectivity index (χ0n) is 10.7. The summed E-state index contributed by atoms with van der Waals surface area (Å²) >= 11 is 5.82. The maximum absolute atomic E-state index is 12.3. The molecule has 18 heavy (non-hydrogen) atoms. The quantitative estimate of drug-likeness (QED) is 0.769. The molecule has 0 N–H and O–H groups in total. The Morgan fingerprint density at radius 2 is 2.28 bits per heavy atom. The molecule has 2 rings (SSSR count). The number of rotatable bonds is 2. The minimum Gasteiger partial charge on any atom is -0.337 e. The molecule has 0 radical (unpaired) electrons. The van der Waals surface area contributed by atoms with Gasteiger partial charge in [0.25, 0.3) is 5.91 Å². The van der Waals surface area contributed by atoms with Crippen LogP contribution in [0, 0.1) is 5.92 Å². The lowest BCUT2D eigenvalue weighted by atomic mass is 9.98. The fraction of sp³-hybridized carbons (Fsp3) is 0.571. The monoisotopic (exact) mass is 266 g/mol. The van der Waals surface area contributed by atoms with Gasteiger partial charge in [0.05, 0.1) is 0 Å². The second kappa shape index (κ2) is 6.19. The van der Waals surface area contributed by atoms with Crippen molar-refractivity contribution in [2.75, 3.05) is 13.1 Å². The van der Waals surface area contributed by atoms with E-state index in [1.165, 1.54) is 12.8 Å². The number of carbonyl (C=O) groups excluding carboxylic acids is 1. The molecule has 98 valence electrons. The zero-order chi connectivity index (χ0) is 13.0. The van der Waals surface area contributed by atoms with Crippen LogP contribution < -0.4 is 0 Å². The van der Waals surface area contributed by atoms with Gasteiger partial charge in [0.1, 0.15) is 10.8 Å². The van der Waals surface area contributed by atoms with Gasteiger partial charge in [0.2, 0.25) is 0 Å². The Balaban J connectivity index is 2.05. The van der Waals surface area contributed by atoms with E-state index >= 15 is 0 Å². The lowest BCUT2D eigenvalue weighted by molar-refractivity contribution is 0.0754. The number of hydrogen-bond donors (Lipinski definition) is 0. The van der Waals surface area contributed by atoms with Crippen molar-refractivity contribution in [1.29, 1.82) is 0 Å². The van der Waals surface area contributed by atoms with Gasteiger partial charge in [-0.2, -0.15) is 0 Å². The molecule has 0 spiro atoms. The summed E-state index contributed by atoms with van der Waals surface area (Å²) in [6, 6.07) is 5.19. The molecular weight excluding hydrogens is 248 g/mol. The van der Waals surface area contributed by atoms with Gasteiger partial charge in [0, 0.05) is 13.1 Å². The largest absolute Gasteiger partial charge is 0.337 e. The molecule has 1 atom stereocenters. The minimum absolute atomic E-state index is 0.00857. The van der Waals surface area contributed by atoms with Crippen molar-refractivity contribution in [2.24, 2.45) is 5.92 Å². The second-order valence-electron chi connectivity index (χ2n) is 4.84. The summed E-state index contributed by atoms with van der Waals surface area (Å²) in [4.78, 5) is 18.3. The third kappa shape index (κ3) is 3.22. The molecule has 0 aliphatic carbocycles. The molecule has 1 aliphatic heterocycles. The Kier molecular flexibility index (Phi) is 4.59. The number of amides is 1. The van der Waals surface area contributed by atoms with Crippen LogP contribution in [0.3, 0.4) is 0 Å². The highest BCUT2D eigenvalue weighted by atomic mass is 35.5. The Morgan fingerprint density at radius 1 is 1.44 bits per heavy atom. The lowest BCUT2D eigenvalue weighted by Gasteiger charge is -2.20. The molecule has 1 unspecified atom stereocenters. The molecule has 0 aromatic carbocycles. The highest BCUT2D eigenvalue weighted by molar-refractivity contribution is 6.29. The van der Waals surface area contributed by atoms with E-state index in [1.807, 2.05) is 4.90 Å². The molecule has 3 nitrogen and oxygen atoms in total. The molecule has 1 amide bonds. The molecule has 4 heteroatoms. The standard InChI is InChI=1S/C14H19ClN2O/c1-2-11-5-4-9-17(10-8-11)14(18)12-6-3-7-13(15)16-12/h3,6-7,11H,2,4-5,8-10H2,1H3. The average Bonchev–Trinajstić information content (AvgIpc) is 2.63. The van der Waals surface area contributed by atoms with Crippen LogP contribution in [0.4, 0.5) is 0 Å². The zero-order valence-corrected chi connectivity index (χ0v) is 11.5. The Bertz CT molecular complexity index is 422. The SMILES string of the molecule is CCC1CCCN(C(=O)c2cccc(Cl)n2)CC1. The van der Waals surface area contributed by atoms with Gasteiger partial charge >= 0.3 is 0 Å². The number of likely N-dealkylation sites (tertiary alicyclic amines) is 1. The van der Waals surface area contributed by atoms with E-state index in [9.17, 15) is 4.79 Å². The van der Waals surface area contributed by atoms with Crippen LogP contribution in [0.25, 0.3) is 0 Å². The van der Waals surface area contributed by atoms with Gasteiger partial charge in [-0.25, -0.2) is 4.98 Å². The fourth-order valence-corrected chi connectivity index (χ4v) is 2.63. The Labute approximate surface area is 113 Å². The van der Waals surface area contributed by atoms with E-state index in [4.69, 9.17) is 11.6 Å². The molecule has 1 aromatic rings. The third-order valence-corrected chi connectivity index (χ3v) is 3.86. The van der Waals surface area contributed by atoms with Gasteiger partial charge in [0.15, 0.2) is 0 Å². The van der Waals surface area contributed by atoms with Crippen molar-refractivity contribution in [3.8, 4) is 0 Å². The van der Waals surface area contributed by atoms with Crippen LogP contribution in [0.2, 0.25) is 5.15 Å². The number of hydrogen-bond acceptors (Lipinski definition) is 2. The van der Waals surface area contributed by atoms with Crippen LogP contribution in [0.1, 0.15) is 43.1 Å². The summed E-state index contributed by atoms with van der Waals surface area (Å²) in [5.41, 5.74) is 0.456. The summed E-state index contributed by atoms with van der Waals surface area (Å²) < 4.78 is 0. The van der Waals surface area contributed by atoms with Gasteiger partial charge < -0.3 is 4.90 Å². The number of nitrogens with zero attached hydrogens (tertiary/aromatic N) is 2. The molecule has 0 bridgehead atoms. The summed E-state index contributed by atoms with van der Waals surface area (Å²) in [5.74, 6) is 0.768. The Morgan fingerprint density at radius 3 is 3.00 bits per heavy atom. The topological polar surface area (TPSA) is 33.2 Å². The van der Waals surface area contributed by atoms with Crippen LogP contribution in [0.5, 0.6) is 0 Å². The number of carbonyl (C=O) groups is 1. The normalized spacial score (nSPS) is 20.6. The fourth-order valence-electron chi connectivity index (χ4n) is 2.47. The molecule has 1 fully saturated rings. The van der Waals surface area contributed by atoms with E-state index < -0.39 is 0 Å². The van der Waals surface area contributed by atoms with Crippen LogP contribution in [-0.4, -0.2) is 28.9 Å². The van der Waals surface area contributed by atoms with Gasteiger partial charge in [-0.3, -0.25) is 4.79 Å². The lowest BCUT2D eigenvalue weighted by Crippen LogP contribution is -2.32.